The average molecular weight is 1810 g/mol. The van der Waals surface area contributed by atoms with Crippen LogP contribution in [0.3, 0.4) is 0 Å². The Bertz CT molecular complexity index is 4980. The van der Waals surface area contributed by atoms with E-state index >= 15 is 0 Å². The van der Waals surface area contributed by atoms with Crippen LogP contribution in [-0.2, 0) is 4.79 Å². The summed E-state index contributed by atoms with van der Waals surface area (Å²) in [6, 6.07) is 3.67. The van der Waals surface area contributed by atoms with Gasteiger partial charge in [-0.25, -0.2) is 45.7 Å². The van der Waals surface area contributed by atoms with Gasteiger partial charge in [-0.05, 0) is 128 Å². The van der Waals surface area contributed by atoms with E-state index in [1.807, 2.05) is 44.5 Å². The van der Waals surface area contributed by atoms with Crippen LogP contribution in [0.1, 0.15) is 5.56 Å². The molecule has 0 radical (unpaired) electrons. The zero-order valence-corrected chi connectivity index (χ0v) is 61.9. The van der Waals surface area contributed by atoms with E-state index in [9.17, 15) is 14.4 Å². The standard InChI is InChI=1S/C7H3BrN4S.C6H2Br2N2OS.C6H2BrClN2S.2C6H5BrN4S.C6H3BrN2OS.C6H6N2OS.C5H4N2S/c8-4-1-13-7-5(4)6-11-10-3-12(6)2-9-7;7-3-2-5(11)9-1-10-6(2)12-4(3)8;7-3-1-11-6-4(3)5(8)9-2-10-6;7-3-1-12-6-4(3)5(11-8)9-2-10-6;7-3-1-12-5(8)4(3)6-9-2-10-11-6;7-3-1-11-6-4(3)5(10)8-2-9-6;9-5-4-1-2-10-6(4)8-3-7-5;6-3-4-1-2-8-5(4)7/h1-3H;1H,(H,9,10,11);1-2H;2*1-2H,8H2,(H,9,10,11);1-2H,(H,8,9,10);1-4,6H,(H,7,8,9);1-2H,7H2. The number of nitriles is 1. The number of aromatic amines is 3. The minimum Gasteiger partial charge on any atom is -0.390 e. The van der Waals surface area contributed by atoms with Crippen molar-refractivity contribution in [2.45, 2.75) is 5.37 Å². The molecule has 0 aliphatic carbocycles. The van der Waals surface area contributed by atoms with Crippen molar-refractivity contribution in [3.63, 3.8) is 0 Å². The van der Waals surface area contributed by atoms with Crippen LogP contribution in [0.25, 0.3) is 68.1 Å². The molecule has 2 aliphatic heterocycles. The van der Waals surface area contributed by atoms with Gasteiger partial charge < -0.3 is 32.2 Å². The van der Waals surface area contributed by atoms with Gasteiger partial charge in [0.25, 0.3) is 11.1 Å². The number of thiophene rings is 7. The second kappa shape index (κ2) is 32.2. The lowest BCUT2D eigenvalue weighted by Crippen LogP contribution is -2.36. The fraction of sp³-hybridized carbons (Fsp3) is 0.0417. The van der Waals surface area contributed by atoms with Crippen LogP contribution >= 0.6 is 214 Å². The molecule has 2 aliphatic rings. The lowest BCUT2D eigenvalue weighted by Gasteiger charge is -2.16. The Labute approximate surface area is 594 Å². The third kappa shape index (κ3) is 16.6. The van der Waals surface area contributed by atoms with E-state index in [0.717, 1.165) is 87.1 Å². The van der Waals surface area contributed by atoms with E-state index in [0.29, 0.717) is 38.1 Å². The molecule has 16 heterocycles. The highest BCUT2D eigenvalue weighted by Gasteiger charge is 2.31. The Balaban J connectivity index is 0.000000121. The van der Waals surface area contributed by atoms with Gasteiger partial charge in [0.15, 0.2) is 17.3 Å². The van der Waals surface area contributed by atoms with Gasteiger partial charge in [-0.15, -0.1) is 101 Å². The second-order valence-corrected chi connectivity index (χ2v) is 30.4. The summed E-state index contributed by atoms with van der Waals surface area (Å²) in [5.41, 5.74) is 15.7. The van der Waals surface area contributed by atoms with E-state index in [2.05, 4.69) is 197 Å². The molecule has 0 saturated carbocycles. The summed E-state index contributed by atoms with van der Waals surface area (Å²) < 4.78 is 8.18. The number of nitrogens with two attached hydrogens (primary N) is 3. The van der Waals surface area contributed by atoms with E-state index < -0.39 is 0 Å². The number of halogens is 8. The molecule has 11 N–H and O–H groups in total. The first-order chi connectivity index (χ1) is 43.0. The lowest BCUT2D eigenvalue weighted by atomic mass is 10.1. The van der Waals surface area contributed by atoms with Gasteiger partial charge in [-0.3, -0.25) is 28.9 Å². The molecule has 0 saturated heterocycles. The molecule has 25 nitrogen and oxygen atoms in total. The number of carbonyl (C=O) groups is 1. The van der Waals surface area contributed by atoms with Gasteiger partial charge in [-0.1, -0.05) is 17.7 Å². The molecular weight excluding hydrogens is 1780 g/mol. The lowest BCUT2D eigenvalue weighted by molar-refractivity contribution is -0.122. The monoisotopic (exact) mass is 1810 g/mol. The van der Waals surface area contributed by atoms with Crippen LogP contribution in [0.5, 0.6) is 0 Å². The molecule has 41 heteroatoms. The summed E-state index contributed by atoms with van der Waals surface area (Å²) >= 11 is 41.3. The van der Waals surface area contributed by atoms with Gasteiger partial charge in [0, 0.05) is 49.3 Å². The number of anilines is 3. The number of nitrogen functional groups attached to an aromatic ring is 3. The minimum absolute atomic E-state index is 0.0324. The Kier molecular flexibility index (Phi) is 24.6. The third-order valence-corrected chi connectivity index (χ3v) is 25.5. The summed E-state index contributed by atoms with van der Waals surface area (Å²) in [5.74, 6) is 6.65. The quantitative estimate of drug-likeness (QED) is 0.0453. The van der Waals surface area contributed by atoms with Crippen molar-refractivity contribution < 1.29 is 4.79 Å². The predicted octanol–water partition coefficient (Wildman–Crippen LogP) is 14.6. The van der Waals surface area contributed by atoms with Crippen LogP contribution in [0, 0.1) is 17.2 Å². The normalized spacial score (nSPS) is 13.4. The smallest absolute Gasteiger partial charge is 0.260 e. The Morgan fingerprint density at radius 2 is 1.28 bits per heavy atom. The van der Waals surface area contributed by atoms with Crippen molar-refractivity contribution in [1.82, 2.24) is 80.0 Å². The molecule has 14 aromatic heterocycles. The first-order valence-electron chi connectivity index (χ1n) is 23.7. The second-order valence-electron chi connectivity index (χ2n) is 16.4. The zero-order valence-electron chi connectivity index (χ0n) is 43.5. The van der Waals surface area contributed by atoms with Crippen molar-refractivity contribution >= 4 is 299 Å². The topological polar surface area (TPSA) is 383 Å². The summed E-state index contributed by atoms with van der Waals surface area (Å²) in [7, 11) is 0. The Hall–Kier alpha value is -5.46. The SMILES string of the molecule is Brc1csc2ncn3cnnc3c12.Clc1ncnc2scc(Br)c12.N#Cc1ccsc1N.NNc1ncnc2scc(Br)c12.Nc1scc(Br)c1-c1ncn[nH]1.O=C1NC=NC2SC=CC12.O=c1[nH]cnc2sc(Br)c(Br)c12.O=c1[nH]cnc2scc(Br)c12. The molecule has 0 spiro atoms. The molecular formula is C48H30Br7ClN22O3S8. The van der Waals surface area contributed by atoms with Crippen molar-refractivity contribution in [2.75, 3.05) is 16.9 Å². The van der Waals surface area contributed by atoms with E-state index in [4.69, 9.17) is 34.2 Å². The number of hydrogen-bond donors (Lipinski definition) is 8. The molecule has 16 rings (SSSR count). The number of fused-ring (bicyclic) bond motifs is 8. The number of nitrogens with zero attached hydrogens (tertiary/aromatic N) is 14. The summed E-state index contributed by atoms with van der Waals surface area (Å²) in [6.07, 6.45) is 14.0. The first-order valence-corrected chi connectivity index (χ1v) is 36.7. The van der Waals surface area contributed by atoms with Crippen LogP contribution in [-0.4, -0.2) is 92.3 Å². The fourth-order valence-corrected chi connectivity index (χ4v) is 18.8. The van der Waals surface area contributed by atoms with Gasteiger partial charge >= 0.3 is 0 Å². The molecule has 0 aromatic carbocycles. The van der Waals surface area contributed by atoms with Crippen LogP contribution in [0.2, 0.25) is 5.15 Å². The van der Waals surface area contributed by atoms with Gasteiger partial charge in [0.05, 0.1) is 76.2 Å². The first kappa shape index (κ1) is 67.9. The number of hydrazine groups is 1. The maximum atomic E-state index is 11.3. The number of H-pyrrole nitrogens is 3. The summed E-state index contributed by atoms with van der Waals surface area (Å²) in [6.45, 7) is 0. The molecule has 0 bridgehead atoms. The molecule has 2 unspecified atom stereocenters. The number of rotatable bonds is 2. The van der Waals surface area contributed by atoms with Crippen molar-refractivity contribution in [1.29, 1.82) is 5.26 Å². The van der Waals surface area contributed by atoms with Crippen LogP contribution in [0.4, 0.5) is 15.8 Å². The van der Waals surface area contributed by atoms with Gasteiger partial charge in [-0.2, -0.15) is 10.4 Å². The average Bonchev–Trinajstić information content (AvgIpc) is 2.41. The fourth-order valence-electron chi connectivity index (χ4n) is 7.06. The number of nitrogens with one attached hydrogen (secondary N) is 5. The van der Waals surface area contributed by atoms with E-state index in [-0.39, 0.29) is 28.3 Å². The number of hydrogen-bond acceptors (Lipinski definition) is 28. The van der Waals surface area contributed by atoms with E-state index in [1.54, 1.807) is 74.3 Å². The number of aromatic nitrogens is 15. The highest BCUT2D eigenvalue weighted by Crippen LogP contribution is 2.39. The highest BCUT2D eigenvalue weighted by molar-refractivity contribution is 9.13. The number of carbonyl (C=O) groups excluding carboxylic acids is 1. The predicted molar refractivity (Wildman–Crippen MR) is 386 cm³/mol. The number of amides is 1. The largest absolute Gasteiger partial charge is 0.390 e. The zero-order chi connectivity index (χ0) is 63.3. The molecule has 0 fully saturated rings. The van der Waals surface area contributed by atoms with Crippen LogP contribution in [0.15, 0.2) is 139 Å². The summed E-state index contributed by atoms with van der Waals surface area (Å²) in [4.78, 5) is 79.2. The maximum Gasteiger partial charge on any atom is 0.260 e. The molecule has 2 atom stereocenters. The maximum absolute atomic E-state index is 11.3. The van der Waals surface area contributed by atoms with Gasteiger partial charge in [0.2, 0.25) is 5.91 Å². The van der Waals surface area contributed by atoms with Crippen molar-refractivity contribution in [3.05, 3.63) is 156 Å². The van der Waals surface area contributed by atoms with Gasteiger partial charge in [0.1, 0.15) is 77.4 Å². The Morgan fingerprint density at radius 3 is 1.87 bits per heavy atom. The van der Waals surface area contributed by atoms with E-state index in [1.165, 1.54) is 83.3 Å². The molecule has 89 heavy (non-hydrogen) atoms. The summed E-state index contributed by atoms with van der Waals surface area (Å²) in [5, 5.41) is 44.7. The number of aliphatic imine (C=N–C) groups is 1. The van der Waals surface area contributed by atoms with Crippen molar-refractivity contribution in [2.24, 2.45) is 16.8 Å². The number of thioether (sulfide) groups is 1. The van der Waals surface area contributed by atoms with Crippen molar-refractivity contribution in [3.8, 4) is 17.5 Å². The molecule has 1 amide bonds. The van der Waals surface area contributed by atoms with Crippen LogP contribution < -0.4 is 39.2 Å². The third-order valence-electron chi connectivity index (χ3n) is 11.1. The Morgan fingerprint density at radius 1 is 0.663 bits per heavy atom. The highest BCUT2D eigenvalue weighted by atomic mass is 79.9. The minimum atomic E-state index is -0.117. The molecule has 454 valence electrons. The molecule has 14 aromatic rings.